The first kappa shape index (κ1) is 75.7. The summed E-state index contributed by atoms with van der Waals surface area (Å²) in [6, 6.07) is 15.8. The first-order chi connectivity index (χ1) is 45.1. The van der Waals surface area contributed by atoms with Gasteiger partial charge in [-0.25, -0.2) is 9.59 Å². The molecule has 3 aromatic carbocycles. The maximum absolute atomic E-state index is 14.9. The molecule has 0 bridgehead atoms. The van der Waals surface area contributed by atoms with E-state index in [1.165, 1.54) is 50.7 Å². The average Bonchev–Trinajstić information content (AvgIpc) is 1.67. The number of carboxylic acids is 1. The molecule has 15 atom stereocenters. The highest BCUT2D eigenvalue weighted by atomic mass is 16.7. The summed E-state index contributed by atoms with van der Waals surface area (Å²) in [7, 11) is 5.94. The summed E-state index contributed by atoms with van der Waals surface area (Å²) in [5.74, 6) is -6.32. The van der Waals surface area contributed by atoms with E-state index in [0.717, 1.165) is 4.90 Å². The predicted octanol–water partition coefficient (Wildman–Crippen LogP) is 2.78. The fourth-order valence-corrected chi connectivity index (χ4v) is 11.9. The molecule has 2 aliphatic heterocycles. The van der Waals surface area contributed by atoms with Gasteiger partial charge in [0.15, 0.2) is 12.4 Å². The third-order valence-corrected chi connectivity index (χ3v) is 17.5. The Morgan fingerprint density at radius 2 is 1.44 bits per heavy atom. The molecule has 0 unspecified atom stereocenters. The van der Waals surface area contributed by atoms with Crippen molar-refractivity contribution >= 4 is 53.2 Å². The van der Waals surface area contributed by atoms with Gasteiger partial charge < -0.3 is 80.3 Å². The first-order valence-electron chi connectivity index (χ1n) is 31.9. The molecule has 0 aliphatic carbocycles. The second-order valence-electron chi connectivity index (χ2n) is 24.9. The Hall–Kier alpha value is -8.32. The van der Waals surface area contributed by atoms with E-state index in [-0.39, 0.29) is 60.5 Å². The molecule has 0 saturated carbocycles. The molecule has 9 N–H and O–H groups in total. The van der Waals surface area contributed by atoms with Crippen molar-refractivity contribution in [2.75, 3.05) is 46.7 Å². The minimum absolute atomic E-state index is 0.0304. The summed E-state index contributed by atoms with van der Waals surface area (Å²) >= 11 is 0. The highest BCUT2D eigenvalue weighted by molar-refractivity contribution is 5.93. The molecule has 1 aromatic heterocycles. The molecule has 2 aliphatic rings. The number of carbonyl (C=O) groups excluding carboxylic acids is 7. The lowest BCUT2D eigenvalue weighted by atomic mass is 9.89. The van der Waals surface area contributed by atoms with Crippen LogP contribution in [0.15, 0.2) is 79.1 Å². The molecule has 520 valence electrons. The van der Waals surface area contributed by atoms with Gasteiger partial charge in [0.05, 0.1) is 60.9 Å². The molecule has 0 spiro atoms. The van der Waals surface area contributed by atoms with Crippen molar-refractivity contribution in [1.29, 1.82) is 0 Å². The number of nitrogens with one attached hydrogen (secondary N) is 4. The van der Waals surface area contributed by atoms with Crippen LogP contribution in [0.1, 0.15) is 110 Å². The predicted molar refractivity (Wildman–Crippen MR) is 343 cm³/mol. The van der Waals surface area contributed by atoms with E-state index in [4.69, 9.17) is 23.7 Å². The molecule has 3 heterocycles. The van der Waals surface area contributed by atoms with Crippen molar-refractivity contribution < 1.29 is 87.6 Å². The molecule has 0 radical (unpaired) electrons. The van der Waals surface area contributed by atoms with Gasteiger partial charge in [0.1, 0.15) is 42.8 Å². The van der Waals surface area contributed by atoms with E-state index < -0.39 is 139 Å². The summed E-state index contributed by atoms with van der Waals surface area (Å²) in [4.78, 5) is 114. The Bertz CT molecular complexity index is 3210. The Balaban J connectivity index is 1.11. The van der Waals surface area contributed by atoms with Crippen LogP contribution in [0.25, 0.3) is 11.4 Å². The number of nitrogens with zero attached hydrogens (tertiary/aromatic N) is 7. The van der Waals surface area contributed by atoms with Gasteiger partial charge >= 0.3 is 12.1 Å². The Kier molecular flexibility index (Phi) is 28.2. The number of anilines is 1. The number of aromatic nitrogens is 4. The normalized spacial score (nSPS) is 20.8. The number of carbonyl (C=O) groups is 8. The highest BCUT2D eigenvalue weighted by Gasteiger charge is 2.49. The van der Waals surface area contributed by atoms with Crippen molar-refractivity contribution in [3.8, 4) is 17.1 Å². The number of aliphatic hydroxyl groups excluding tert-OH is 4. The van der Waals surface area contributed by atoms with Crippen LogP contribution in [0.3, 0.4) is 0 Å². The molecule has 6 rings (SSSR count). The van der Waals surface area contributed by atoms with E-state index in [0.29, 0.717) is 48.3 Å². The van der Waals surface area contributed by atoms with E-state index in [1.54, 1.807) is 102 Å². The van der Waals surface area contributed by atoms with Crippen LogP contribution in [0.5, 0.6) is 5.75 Å². The lowest BCUT2D eigenvalue weighted by molar-refractivity contribution is -0.271. The number of hydrogen-bond acceptors (Lipinski definition) is 21. The highest BCUT2D eigenvalue weighted by Crippen LogP contribution is 2.33. The number of carboxylic acid groups (broad SMARTS) is 1. The van der Waals surface area contributed by atoms with Crippen LogP contribution in [-0.2, 0) is 65.5 Å². The zero-order chi connectivity index (χ0) is 70.0. The molecule has 29 heteroatoms. The summed E-state index contributed by atoms with van der Waals surface area (Å²) in [6.45, 7) is 14.1. The molecule has 2 fully saturated rings. The molecule has 29 nitrogen and oxygen atoms in total. The monoisotopic (exact) mass is 1330 g/mol. The standard InChI is InChI=1S/C66H93N11O18/c1-13-37(6)53(47(91-11)32-50(80)77-29-17-20-45(77)58(92-12)38(7)61(85)70-39(8)54(81)42-18-15-14-16-19-42)75(9)63(87)51(35(2)3)72-62(86)52(36(4)5)76(10)66(90)93-33-41-23-26-46(94-65-57(84)55(82)56(83)59(95-65)64(88)89)44(30-41)71-48(78)27-28-67-49(79)31-40-21-24-43(25-22-40)60-73-68-34-69-74-60/h14-16,18-19,21-26,30,34-39,45,47,51-59,65,81-84H,13,17,20,27-29,31-33H2,1-12H3,(H,67,79)(H,70,85)(H,71,78)(H,72,86)(H,88,89)/t37-,38+,39+,45-,47+,51-,52-,53-,54+,55-,56-,57+,58+,59-,65+/m0/s1. The van der Waals surface area contributed by atoms with Crippen LogP contribution in [0.4, 0.5) is 10.5 Å². The SMILES string of the molecule is CC[C@H](C)[C@@H]([C@@H](CC(=O)N1CCC[C@H]1[C@H](OC)[C@@H](C)C(=O)N[C@H](C)[C@@H](O)c1ccccc1)OC)N(C)C(=O)[C@@H](NC(=O)[C@H](C(C)C)N(C)C(=O)OCc1ccc(O[C@@H]2O[C@H](C(=O)O)[C@@H](O)[C@H](O)[C@H]2O)c(NC(=O)CCNC(=O)Cc2ccc(-c3nncnn3)cc2)c1)C(C)C. The number of benzene rings is 3. The van der Waals surface area contributed by atoms with Gasteiger partial charge in [-0.3, -0.25) is 33.7 Å². The van der Waals surface area contributed by atoms with Crippen molar-refractivity contribution in [1.82, 2.24) is 51.0 Å². The Morgan fingerprint density at radius 1 is 0.779 bits per heavy atom. The number of ether oxygens (including phenoxy) is 5. The maximum atomic E-state index is 14.9. The van der Waals surface area contributed by atoms with Gasteiger partial charge in [0.25, 0.3) is 0 Å². The number of likely N-dealkylation sites (tertiary alicyclic amines) is 1. The van der Waals surface area contributed by atoms with Crippen molar-refractivity contribution in [3.05, 3.63) is 95.8 Å². The summed E-state index contributed by atoms with van der Waals surface area (Å²) in [6.07, 6.45) is -10.7. The Labute approximate surface area is 553 Å². The molecular formula is C66H93N11O18. The number of likely N-dealkylation sites (N-methyl/N-ethyl adjacent to an activating group) is 2. The van der Waals surface area contributed by atoms with Crippen molar-refractivity contribution in [2.24, 2.45) is 23.7 Å². The van der Waals surface area contributed by atoms with E-state index >= 15 is 0 Å². The lowest BCUT2D eigenvalue weighted by Crippen LogP contribution is -2.61. The lowest BCUT2D eigenvalue weighted by Gasteiger charge is -2.41. The fraction of sp³-hybridized carbons (Fsp3) is 0.576. The summed E-state index contributed by atoms with van der Waals surface area (Å²) in [5, 5.41) is 78.6. The van der Waals surface area contributed by atoms with Gasteiger partial charge in [-0.05, 0) is 66.3 Å². The molecular weight excluding hydrogens is 1230 g/mol. The summed E-state index contributed by atoms with van der Waals surface area (Å²) < 4.78 is 28.9. The number of hydrogen-bond donors (Lipinski definition) is 9. The number of amides is 7. The fourth-order valence-electron chi connectivity index (χ4n) is 11.9. The first-order valence-corrected chi connectivity index (χ1v) is 31.9. The number of methoxy groups -OCH3 is 2. The second-order valence-corrected chi connectivity index (χ2v) is 24.9. The molecule has 2 saturated heterocycles. The average molecular weight is 1330 g/mol. The quantitative estimate of drug-likeness (QED) is 0.0339. The smallest absolute Gasteiger partial charge is 0.410 e. The number of rotatable bonds is 32. The van der Waals surface area contributed by atoms with Crippen molar-refractivity contribution in [2.45, 2.75) is 180 Å². The molecule has 95 heavy (non-hydrogen) atoms. The minimum Gasteiger partial charge on any atom is -0.479 e. The van der Waals surface area contributed by atoms with Crippen molar-refractivity contribution in [3.63, 3.8) is 0 Å². The van der Waals surface area contributed by atoms with Crippen LogP contribution in [0.2, 0.25) is 0 Å². The van der Waals surface area contributed by atoms with E-state index in [9.17, 15) is 63.9 Å². The van der Waals surface area contributed by atoms with Gasteiger partial charge in [-0.15, -0.1) is 20.4 Å². The van der Waals surface area contributed by atoms with Crippen LogP contribution in [0, 0.1) is 23.7 Å². The summed E-state index contributed by atoms with van der Waals surface area (Å²) in [5.41, 5.74) is 2.08. The minimum atomic E-state index is -2.02. The number of aliphatic hydroxyl groups is 4. The Morgan fingerprint density at radius 3 is 2.05 bits per heavy atom. The second kappa shape index (κ2) is 35.4. The van der Waals surface area contributed by atoms with E-state index in [1.807, 2.05) is 19.9 Å². The van der Waals surface area contributed by atoms with Gasteiger partial charge in [0, 0.05) is 53.4 Å². The zero-order valence-corrected chi connectivity index (χ0v) is 55.9. The molecule has 7 amide bonds. The molecule has 4 aromatic rings. The van der Waals surface area contributed by atoms with E-state index in [2.05, 4.69) is 41.7 Å². The zero-order valence-electron chi connectivity index (χ0n) is 55.9. The van der Waals surface area contributed by atoms with Gasteiger partial charge in [0.2, 0.25) is 47.6 Å². The third-order valence-electron chi connectivity index (χ3n) is 17.5. The number of aliphatic carboxylic acids is 1. The topological polar surface area (TPSA) is 393 Å². The van der Waals surface area contributed by atoms with Gasteiger partial charge in [-0.1, -0.05) is 116 Å². The largest absolute Gasteiger partial charge is 0.479 e. The third kappa shape index (κ3) is 19.9. The van der Waals surface area contributed by atoms with Crippen LogP contribution < -0.4 is 26.0 Å². The van der Waals surface area contributed by atoms with Crippen LogP contribution in [-0.4, -0.2) is 223 Å². The van der Waals surface area contributed by atoms with Crippen LogP contribution >= 0.6 is 0 Å². The maximum Gasteiger partial charge on any atom is 0.410 e. The van der Waals surface area contributed by atoms with Gasteiger partial charge in [-0.2, -0.15) is 0 Å².